The van der Waals surface area contributed by atoms with Gasteiger partial charge in [0, 0.05) is 23.4 Å². The van der Waals surface area contributed by atoms with Crippen molar-refractivity contribution in [2.45, 2.75) is 19.6 Å². The molecule has 6 nitrogen and oxygen atoms in total. The monoisotopic (exact) mass is 494 g/mol. The molecule has 172 valence electrons. The largest absolute Gasteiger partial charge is 0.481 e. The van der Waals surface area contributed by atoms with E-state index in [4.69, 9.17) is 28.3 Å². The minimum Gasteiger partial charge on any atom is -0.481 e. The van der Waals surface area contributed by atoms with Crippen molar-refractivity contribution in [2.24, 2.45) is 0 Å². The normalized spacial score (nSPS) is 10.7. The first kappa shape index (κ1) is 24.3. The van der Waals surface area contributed by atoms with Crippen LogP contribution in [0.25, 0.3) is 11.1 Å². The van der Waals surface area contributed by atoms with E-state index in [2.05, 4.69) is 15.4 Å². The average molecular weight is 495 g/mol. The second kappa shape index (κ2) is 11.0. The number of nitrogens with one attached hydrogen (secondary N) is 2. The summed E-state index contributed by atoms with van der Waals surface area (Å²) in [5, 5.41) is 14.4. The standard InChI is InChI=1S/C23H18Cl2F2N2O4/c24-17-10-15(11-18(25)21(17)16-3-1-2-4-19(16)33-22(26)27)29-23(32)28-12-14-7-5-13(6-8-14)9-20(30)31/h1-8,10-11,22H,9,12H2,(H,30,31)(H2,28,29,32). The van der Waals surface area contributed by atoms with Gasteiger partial charge in [-0.15, -0.1) is 0 Å². The number of urea groups is 1. The van der Waals surface area contributed by atoms with Crippen LogP contribution in [0, 0.1) is 0 Å². The second-order valence-electron chi connectivity index (χ2n) is 6.88. The molecule has 10 heteroatoms. The number of para-hydroxylation sites is 1. The van der Waals surface area contributed by atoms with E-state index in [-0.39, 0.29) is 34.3 Å². The summed E-state index contributed by atoms with van der Waals surface area (Å²) in [5.41, 5.74) is 2.31. The molecule has 0 saturated heterocycles. The molecule has 0 aliphatic rings. The fourth-order valence-corrected chi connectivity index (χ4v) is 3.77. The maximum atomic E-state index is 12.7. The van der Waals surface area contributed by atoms with Crippen LogP contribution < -0.4 is 15.4 Å². The maximum absolute atomic E-state index is 12.7. The van der Waals surface area contributed by atoms with Crippen LogP contribution in [0.4, 0.5) is 19.3 Å². The van der Waals surface area contributed by atoms with Crippen LogP contribution in [0.5, 0.6) is 5.75 Å². The molecular formula is C23H18Cl2F2N2O4. The number of carbonyl (C=O) groups excluding carboxylic acids is 1. The molecule has 3 rings (SSSR count). The third-order valence-corrected chi connectivity index (χ3v) is 5.10. The smallest absolute Gasteiger partial charge is 0.387 e. The molecule has 0 saturated carbocycles. The Morgan fingerprint density at radius 3 is 2.18 bits per heavy atom. The highest BCUT2D eigenvalue weighted by Gasteiger charge is 2.17. The first-order valence-electron chi connectivity index (χ1n) is 9.60. The van der Waals surface area contributed by atoms with Crippen molar-refractivity contribution in [1.82, 2.24) is 5.32 Å². The Labute approximate surface area is 198 Å². The molecule has 0 bridgehead atoms. The van der Waals surface area contributed by atoms with Gasteiger partial charge in [0.05, 0.1) is 16.5 Å². The number of hydrogen-bond acceptors (Lipinski definition) is 3. The van der Waals surface area contributed by atoms with Crippen molar-refractivity contribution in [3.05, 3.63) is 81.8 Å². The molecule has 0 spiro atoms. The molecule has 3 N–H and O–H groups in total. The number of rotatable bonds is 8. The van der Waals surface area contributed by atoms with E-state index in [1.165, 1.54) is 18.2 Å². The third-order valence-electron chi connectivity index (χ3n) is 4.50. The fourth-order valence-electron chi connectivity index (χ4n) is 3.08. The minimum absolute atomic E-state index is 0.0789. The lowest BCUT2D eigenvalue weighted by Gasteiger charge is -2.15. The van der Waals surface area contributed by atoms with Crippen LogP contribution in [-0.4, -0.2) is 23.7 Å². The van der Waals surface area contributed by atoms with Gasteiger partial charge in [0.1, 0.15) is 5.75 Å². The molecule has 0 aliphatic heterocycles. The molecule has 0 aromatic heterocycles. The lowest BCUT2D eigenvalue weighted by molar-refractivity contribution is -0.136. The summed E-state index contributed by atoms with van der Waals surface area (Å²) in [6.07, 6.45) is -0.0789. The maximum Gasteiger partial charge on any atom is 0.387 e. The summed E-state index contributed by atoms with van der Waals surface area (Å²) in [7, 11) is 0. The van der Waals surface area contributed by atoms with Crippen LogP contribution in [0.1, 0.15) is 11.1 Å². The fraction of sp³-hybridized carbons (Fsp3) is 0.130. The lowest BCUT2D eigenvalue weighted by Crippen LogP contribution is -2.28. The predicted octanol–water partition coefficient (Wildman–Crippen LogP) is 6.21. The van der Waals surface area contributed by atoms with Crippen LogP contribution >= 0.6 is 23.2 Å². The molecule has 0 fully saturated rings. The third kappa shape index (κ3) is 6.81. The van der Waals surface area contributed by atoms with Gasteiger partial charge in [-0.05, 0) is 29.3 Å². The van der Waals surface area contributed by atoms with Gasteiger partial charge in [0.15, 0.2) is 0 Å². The summed E-state index contributed by atoms with van der Waals surface area (Å²) < 4.78 is 30.0. The van der Waals surface area contributed by atoms with Crippen LogP contribution in [0.15, 0.2) is 60.7 Å². The number of aliphatic carboxylic acids is 1. The molecule has 0 unspecified atom stereocenters. The number of hydrogen-bond donors (Lipinski definition) is 3. The Morgan fingerprint density at radius 1 is 0.970 bits per heavy atom. The van der Waals surface area contributed by atoms with Crippen molar-refractivity contribution in [3.63, 3.8) is 0 Å². The molecule has 0 radical (unpaired) electrons. The summed E-state index contributed by atoms with van der Waals surface area (Å²) >= 11 is 12.7. The van der Waals surface area contributed by atoms with E-state index >= 15 is 0 Å². The second-order valence-corrected chi connectivity index (χ2v) is 7.70. The zero-order valence-corrected chi connectivity index (χ0v) is 18.5. The van der Waals surface area contributed by atoms with E-state index in [9.17, 15) is 18.4 Å². The van der Waals surface area contributed by atoms with E-state index in [0.717, 1.165) is 5.56 Å². The highest BCUT2D eigenvalue weighted by atomic mass is 35.5. The number of carboxylic acid groups (broad SMARTS) is 1. The number of carbonyl (C=O) groups is 2. The summed E-state index contributed by atoms with van der Waals surface area (Å²) in [6.45, 7) is -2.81. The van der Waals surface area contributed by atoms with Gasteiger partial charge in [-0.25, -0.2) is 4.79 Å². The van der Waals surface area contributed by atoms with Gasteiger partial charge in [-0.1, -0.05) is 65.7 Å². The van der Waals surface area contributed by atoms with Gasteiger partial charge < -0.3 is 20.5 Å². The van der Waals surface area contributed by atoms with E-state index in [1.807, 2.05) is 0 Å². The molecule has 2 amide bonds. The van der Waals surface area contributed by atoms with Crippen LogP contribution in [0.2, 0.25) is 10.0 Å². The minimum atomic E-state index is -3.01. The molecule has 33 heavy (non-hydrogen) atoms. The number of halogens is 4. The summed E-state index contributed by atoms with van der Waals surface area (Å²) in [6, 6.07) is 15.3. The Kier molecular flexibility index (Phi) is 8.08. The Hall–Kier alpha value is -3.36. The zero-order chi connectivity index (χ0) is 24.0. The zero-order valence-electron chi connectivity index (χ0n) is 16.9. The topological polar surface area (TPSA) is 87.7 Å². The first-order valence-corrected chi connectivity index (χ1v) is 10.4. The van der Waals surface area contributed by atoms with Crippen molar-refractivity contribution in [2.75, 3.05) is 5.32 Å². The summed E-state index contributed by atoms with van der Waals surface area (Å²) in [5.74, 6) is -1.00. The van der Waals surface area contributed by atoms with Gasteiger partial charge in [-0.2, -0.15) is 8.78 Å². The number of alkyl halides is 2. The SMILES string of the molecule is O=C(O)Cc1ccc(CNC(=O)Nc2cc(Cl)c(-c3ccccc3OC(F)F)c(Cl)c2)cc1. The highest BCUT2D eigenvalue weighted by molar-refractivity contribution is 6.40. The Morgan fingerprint density at radius 2 is 1.58 bits per heavy atom. The average Bonchev–Trinajstić information content (AvgIpc) is 2.73. The van der Waals surface area contributed by atoms with Gasteiger partial charge in [-0.3, -0.25) is 4.79 Å². The van der Waals surface area contributed by atoms with Crippen molar-refractivity contribution in [3.8, 4) is 16.9 Å². The summed E-state index contributed by atoms with van der Waals surface area (Å²) in [4.78, 5) is 23.0. The van der Waals surface area contributed by atoms with Crippen molar-refractivity contribution in [1.29, 1.82) is 0 Å². The van der Waals surface area contributed by atoms with Crippen molar-refractivity contribution >= 4 is 40.9 Å². The number of ether oxygens (including phenoxy) is 1. The highest BCUT2D eigenvalue weighted by Crippen LogP contribution is 2.41. The van der Waals surface area contributed by atoms with Crippen molar-refractivity contribution < 1.29 is 28.2 Å². The van der Waals surface area contributed by atoms with Gasteiger partial charge in [0.25, 0.3) is 0 Å². The van der Waals surface area contributed by atoms with E-state index in [1.54, 1.807) is 42.5 Å². The lowest BCUT2D eigenvalue weighted by atomic mass is 10.0. The molecular weight excluding hydrogens is 477 g/mol. The van der Waals surface area contributed by atoms with E-state index < -0.39 is 18.6 Å². The van der Waals surface area contributed by atoms with E-state index in [0.29, 0.717) is 16.8 Å². The number of anilines is 1. The predicted molar refractivity (Wildman–Crippen MR) is 122 cm³/mol. The molecule has 0 atom stereocenters. The molecule has 0 aliphatic carbocycles. The van der Waals surface area contributed by atoms with Gasteiger partial charge in [0.2, 0.25) is 0 Å². The quantitative estimate of drug-likeness (QED) is 0.347. The van der Waals surface area contributed by atoms with Crippen LogP contribution in [0.3, 0.4) is 0 Å². The Bertz CT molecular complexity index is 1130. The number of carboxylic acids is 1. The first-order chi connectivity index (χ1) is 15.7. The Balaban J connectivity index is 1.68. The molecule has 0 heterocycles. The van der Waals surface area contributed by atoms with Crippen LogP contribution in [-0.2, 0) is 17.8 Å². The van der Waals surface area contributed by atoms with Gasteiger partial charge >= 0.3 is 18.6 Å². The molecule has 3 aromatic carbocycles. The number of benzene rings is 3. The number of amides is 2. The molecule has 3 aromatic rings.